The van der Waals surface area contributed by atoms with Gasteiger partial charge in [-0.1, -0.05) is 19.9 Å². The lowest BCUT2D eigenvalue weighted by Gasteiger charge is -2.35. The summed E-state index contributed by atoms with van der Waals surface area (Å²) in [6, 6.07) is 1.59. The molecule has 1 aliphatic carbocycles. The number of halogens is 3. The van der Waals surface area contributed by atoms with Crippen LogP contribution in [-0.4, -0.2) is 11.2 Å². The normalized spacial score (nSPS) is 18.7. The minimum atomic E-state index is -4.28. The van der Waals surface area contributed by atoms with E-state index in [0.717, 1.165) is 25.0 Å². The van der Waals surface area contributed by atoms with Crippen LogP contribution in [0.2, 0.25) is 0 Å². The van der Waals surface area contributed by atoms with Crippen molar-refractivity contribution in [1.82, 2.24) is 4.98 Å². The number of aromatic nitrogens is 1. The van der Waals surface area contributed by atoms with Crippen LogP contribution in [0, 0.1) is 6.92 Å². The molecule has 1 saturated carbocycles. The van der Waals surface area contributed by atoms with Gasteiger partial charge in [-0.3, -0.25) is 4.98 Å². The van der Waals surface area contributed by atoms with Crippen LogP contribution in [0.25, 0.3) is 5.57 Å². The summed E-state index contributed by atoms with van der Waals surface area (Å²) in [5, 5.41) is 0. The van der Waals surface area contributed by atoms with E-state index in [1.807, 2.05) is 0 Å². The minimum Gasteiger partial charge on any atom is -0.253 e. The molecule has 0 amide bonds. The molecule has 2 rings (SSSR count). The van der Waals surface area contributed by atoms with Crippen molar-refractivity contribution in [2.24, 2.45) is 0 Å². The second-order valence-corrected chi connectivity index (χ2v) is 6.66. The van der Waals surface area contributed by atoms with Crippen molar-refractivity contribution in [2.75, 3.05) is 0 Å². The Morgan fingerprint density at radius 2 is 1.95 bits per heavy atom. The van der Waals surface area contributed by atoms with Gasteiger partial charge in [0.1, 0.15) is 0 Å². The Labute approximate surface area is 130 Å². The summed E-state index contributed by atoms with van der Waals surface area (Å²) < 4.78 is 41.1. The number of hydrogen-bond donors (Lipinski definition) is 0. The predicted molar refractivity (Wildman–Crippen MR) is 84.0 cm³/mol. The van der Waals surface area contributed by atoms with E-state index in [4.69, 9.17) is 0 Å². The molecule has 22 heavy (non-hydrogen) atoms. The van der Waals surface area contributed by atoms with E-state index < -0.39 is 11.6 Å². The molecule has 0 saturated heterocycles. The molecular formula is C18H24F3N. The van der Waals surface area contributed by atoms with Crippen molar-refractivity contribution in [3.8, 4) is 0 Å². The maximum Gasteiger partial charge on any atom is 0.398 e. The zero-order chi connectivity index (χ0) is 16.7. The lowest BCUT2D eigenvalue weighted by molar-refractivity contribution is -0.186. The average molecular weight is 311 g/mol. The predicted octanol–water partition coefficient (Wildman–Crippen LogP) is 5.92. The summed E-state index contributed by atoms with van der Waals surface area (Å²) in [6.45, 7) is 10.3. The van der Waals surface area contributed by atoms with Gasteiger partial charge in [0.25, 0.3) is 0 Å². The number of alkyl halides is 3. The van der Waals surface area contributed by atoms with E-state index in [0.29, 0.717) is 28.3 Å². The van der Waals surface area contributed by atoms with Crippen LogP contribution >= 0.6 is 0 Å². The summed E-state index contributed by atoms with van der Waals surface area (Å²) in [7, 11) is 0. The molecule has 0 bridgehead atoms. The van der Waals surface area contributed by atoms with Gasteiger partial charge in [0.15, 0.2) is 0 Å². The van der Waals surface area contributed by atoms with E-state index in [1.165, 1.54) is 6.92 Å². The molecule has 1 aromatic heterocycles. The van der Waals surface area contributed by atoms with Gasteiger partial charge in [-0.2, -0.15) is 13.2 Å². The maximum atomic E-state index is 13.7. The summed E-state index contributed by atoms with van der Waals surface area (Å²) >= 11 is 0. The highest BCUT2D eigenvalue weighted by atomic mass is 19.4. The second kappa shape index (κ2) is 5.71. The van der Waals surface area contributed by atoms with Crippen LogP contribution in [-0.2, 0) is 5.41 Å². The van der Waals surface area contributed by atoms with Gasteiger partial charge in [-0.25, -0.2) is 0 Å². The molecule has 0 aliphatic heterocycles. The molecule has 1 atom stereocenters. The summed E-state index contributed by atoms with van der Waals surface area (Å²) in [4.78, 5) is 4.62. The summed E-state index contributed by atoms with van der Waals surface area (Å²) in [5.41, 5.74) is 1.36. The number of pyridine rings is 1. The van der Waals surface area contributed by atoms with Crippen LogP contribution in [0.1, 0.15) is 74.9 Å². The van der Waals surface area contributed by atoms with Gasteiger partial charge in [-0.05, 0) is 62.8 Å². The van der Waals surface area contributed by atoms with Crippen LogP contribution in [0.3, 0.4) is 0 Å². The summed E-state index contributed by atoms with van der Waals surface area (Å²) in [6.07, 6.45) is -1.11. The Kier molecular flexibility index (Phi) is 4.42. The zero-order valence-electron chi connectivity index (χ0n) is 13.8. The highest BCUT2D eigenvalue weighted by Crippen LogP contribution is 2.47. The highest BCUT2D eigenvalue weighted by molar-refractivity contribution is 5.60. The molecule has 1 aliphatic rings. The highest BCUT2D eigenvalue weighted by Gasteiger charge is 2.52. The molecule has 122 valence electrons. The quantitative estimate of drug-likeness (QED) is 0.672. The molecule has 1 nitrogen and oxygen atoms in total. The van der Waals surface area contributed by atoms with Crippen molar-refractivity contribution < 1.29 is 13.2 Å². The van der Waals surface area contributed by atoms with Gasteiger partial charge in [-0.15, -0.1) is 0 Å². The largest absolute Gasteiger partial charge is 0.398 e. The monoisotopic (exact) mass is 311 g/mol. The fraction of sp³-hybridized carbons (Fsp3) is 0.611. The topological polar surface area (TPSA) is 12.9 Å². The van der Waals surface area contributed by atoms with E-state index in [9.17, 15) is 13.2 Å². The van der Waals surface area contributed by atoms with E-state index in [2.05, 4.69) is 11.6 Å². The fourth-order valence-corrected chi connectivity index (χ4v) is 3.04. The minimum absolute atomic E-state index is 0.0150. The van der Waals surface area contributed by atoms with Gasteiger partial charge in [0.05, 0.1) is 11.1 Å². The van der Waals surface area contributed by atoms with Crippen molar-refractivity contribution in [1.29, 1.82) is 0 Å². The number of allylic oxidation sites excluding steroid dienone is 1. The molecule has 1 aromatic rings. The zero-order valence-corrected chi connectivity index (χ0v) is 13.8. The average Bonchev–Trinajstić information content (AvgIpc) is 2.36. The third kappa shape index (κ3) is 2.68. The van der Waals surface area contributed by atoms with Gasteiger partial charge >= 0.3 is 6.18 Å². The van der Waals surface area contributed by atoms with Crippen LogP contribution in [0.5, 0.6) is 0 Å². The van der Waals surface area contributed by atoms with E-state index in [1.54, 1.807) is 26.8 Å². The Hall–Kier alpha value is -1.32. The van der Waals surface area contributed by atoms with Gasteiger partial charge < -0.3 is 0 Å². The van der Waals surface area contributed by atoms with Gasteiger partial charge in [0.2, 0.25) is 0 Å². The molecule has 4 heteroatoms. The molecule has 1 fully saturated rings. The van der Waals surface area contributed by atoms with Gasteiger partial charge in [0, 0.05) is 11.6 Å². The second-order valence-electron chi connectivity index (χ2n) is 6.66. The molecular weight excluding hydrogens is 287 g/mol. The lowest BCUT2D eigenvalue weighted by Crippen LogP contribution is -2.40. The van der Waals surface area contributed by atoms with Crippen LogP contribution < -0.4 is 0 Å². The van der Waals surface area contributed by atoms with E-state index >= 15 is 0 Å². The molecule has 0 radical (unpaired) electrons. The SMILES string of the molecule is C=C(C)c1cc(C(C)(CC)C(F)(F)F)c(C)c(C2CCC2)n1. The van der Waals surface area contributed by atoms with E-state index in [-0.39, 0.29) is 6.42 Å². The molecule has 0 aromatic carbocycles. The van der Waals surface area contributed by atoms with Crippen molar-refractivity contribution >= 4 is 5.57 Å². The third-order valence-corrected chi connectivity index (χ3v) is 5.17. The van der Waals surface area contributed by atoms with Crippen molar-refractivity contribution in [3.05, 3.63) is 35.2 Å². The van der Waals surface area contributed by atoms with Crippen LogP contribution in [0.4, 0.5) is 13.2 Å². The Morgan fingerprint density at radius 1 is 1.36 bits per heavy atom. The van der Waals surface area contributed by atoms with Crippen molar-refractivity contribution in [3.63, 3.8) is 0 Å². The number of hydrogen-bond acceptors (Lipinski definition) is 1. The Bertz CT molecular complexity index is 585. The molecule has 0 spiro atoms. The van der Waals surface area contributed by atoms with Crippen LogP contribution in [0.15, 0.2) is 12.6 Å². The Morgan fingerprint density at radius 3 is 2.32 bits per heavy atom. The number of nitrogens with zero attached hydrogens (tertiary/aromatic N) is 1. The number of rotatable bonds is 4. The molecule has 1 unspecified atom stereocenters. The first kappa shape index (κ1) is 17.0. The fourth-order valence-electron chi connectivity index (χ4n) is 3.04. The molecule has 0 N–H and O–H groups in total. The van der Waals surface area contributed by atoms with Crippen molar-refractivity contribution in [2.45, 2.75) is 70.9 Å². The smallest absolute Gasteiger partial charge is 0.253 e. The first-order chi connectivity index (χ1) is 10.1. The summed E-state index contributed by atoms with van der Waals surface area (Å²) in [5.74, 6) is 0.299. The lowest BCUT2D eigenvalue weighted by atomic mass is 9.73. The third-order valence-electron chi connectivity index (χ3n) is 5.17. The maximum absolute atomic E-state index is 13.7. The molecule has 1 heterocycles. The Balaban J connectivity index is 2.68. The first-order valence-corrected chi connectivity index (χ1v) is 7.86. The first-order valence-electron chi connectivity index (χ1n) is 7.86. The standard InChI is InChI=1S/C18H24F3N/c1-6-17(5,18(19,20)21)14-10-15(11(2)3)22-16(12(14)4)13-8-7-9-13/h10,13H,2,6-9H2,1,3-5H3.